The largest absolute Gasteiger partial charge is 0.395 e. The van der Waals surface area contributed by atoms with E-state index in [0.29, 0.717) is 18.7 Å². The summed E-state index contributed by atoms with van der Waals surface area (Å²) in [7, 11) is 0. The third-order valence-electron chi connectivity index (χ3n) is 3.50. The van der Waals surface area contributed by atoms with Crippen LogP contribution in [0.4, 0.5) is 8.78 Å². The molecule has 0 aliphatic carbocycles. The number of carbonyl (C=O) groups excluding carboxylic acids is 2. The van der Waals surface area contributed by atoms with E-state index >= 15 is 0 Å². The van der Waals surface area contributed by atoms with Crippen LogP contribution in [-0.4, -0.2) is 54.1 Å². The maximum Gasteiger partial charge on any atom is 0.240 e. The monoisotopic (exact) mass is 327 g/mol. The van der Waals surface area contributed by atoms with Crippen LogP contribution in [0, 0.1) is 11.6 Å². The quantitative estimate of drug-likeness (QED) is 0.674. The summed E-state index contributed by atoms with van der Waals surface area (Å²) in [5, 5.41) is 14.1. The molecule has 1 heterocycles. The Morgan fingerprint density at radius 1 is 1.35 bits per heavy atom. The zero-order chi connectivity index (χ0) is 16.8. The Labute approximate surface area is 132 Å². The number of carbonyl (C=O) groups is 2. The van der Waals surface area contributed by atoms with Gasteiger partial charge in [-0.05, 0) is 17.7 Å². The summed E-state index contributed by atoms with van der Waals surface area (Å²) in [4.78, 5) is 25.5. The molecule has 0 bridgehead atoms. The predicted octanol–water partition coefficient (Wildman–Crippen LogP) is -0.236. The number of piperazine rings is 1. The van der Waals surface area contributed by atoms with E-state index in [2.05, 4.69) is 10.6 Å². The molecule has 23 heavy (non-hydrogen) atoms. The van der Waals surface area contributed by atoms with Crippen molar-refractivity contribution in [3.05, 3.63) is 35.4 Å². The second-order valence-electron chi connectivity index (χ2n) is 5.32. The van der Waals surface area contributed by atoms with Crippen LogP contribution >= 0.6 is 0 Å². The van der Waals surface area contributed by atoms with Gasteiger partial charge < -0.3 is 20.6 Å². The first kappa shape index (κ1) is 17.3. The molecule has 8 heteroatoms. The average molecular weight is 327 g/mol. The van der Waals surface area contributed by atoms with Crippen LogP contribution in [0.25, 0.3) is 0 Å². The molecule has 1 atom stereocenters. The maximum atomic E-state index is 13.2. The molecule has 1 fully saturated rings. The lowest BCUT2D eigenvalue weighted by molar-refractivity contribution is -0.138. The van der Waals surface area contributed by atoms with Crippen LogP contribution in [0.15, 0.2) is 18.2 Å². The van der Waals surface area contributed by atoms with Crippen molar-refractivity contribution in [3.8, 4) is 0 Å². The van der Waals surface area contributed by atoms with E-state index in [0.717, 1.165) is 6.07 Å². The first-order valence-electron chi connectivity index (χ1n) is 7.34. The van der Waals surface area contributed by atoms with Crippen molar-refractivity contribution in [2.45, 2.75) is 19.0 Å². The lowest BCUT2D eigenvalue weighted by Gasteiger charge is -2.33. The fourth-order valence-corrected chi connectivity index (χ4v) is 2.48. The standard InChI is InChI=1S/C15H19F2N3O3/c16-11-5-10(6-12(17)7-11)9-20-3-1-18-13(15(20)23)8-14(22)19-2-4-21/h5-7,13,18,21H,1-4,8-9H2,(H,19,22). The molecule has 126 valence electrons. The number of hydrogen-bond acceptors (Lipinski definition) is 4. The minimum Gasteiger partial charge on any atom is -0.395 e. The number of amides is 2. The molecular formula is C15H19F2N3O3. The lowest BCUT2D eigenvalue weighted by atomic mass is 10.1. The molecule has 0 radical (unpaired) electrons. The van der Waals surface area contributed by atoms with Gasteiger partial charge in [-0.15, -0.1) is 0 Å². The Morgan fingerprint density at radius 3 is 2.70 bits per heavy atom. The number of nitrogens with zero attached hydrogens (tertiary/aromatic N) is 1. The van der Waals surface area contributed by atoms with Gasteiger partial charge in [-0.25, -0.2) is 8.78 Å². The van der Waals surface area contributed by atoms with E-state index < -0.39 is 17.7 Å². The highest BCUT2D eigenvalue weighted by Gasteiger charge is 2.30. The lowest BCUT2D eigenvalue weighted by Crippen LogP contribution is -2.55. The van der Waals surface area contributed by atoms with Gasteiger partial charge in [0.15, 0.2) is 0 Å². The van der Waals surface area contributed by atoms with Gasteiger partial charge in [-0.3, -0.25) is 9.59 Å². The SMILES string of the molecule is O=C(CC1NCCN(Cc2cc(F)cc(F)c2)C1=O)NCCO. The average Bonchev–Trinajstić information content (AvgIpc) is 2.48. The number of halogens is 2. The fraction of sp³-hybridized carbons (Fsp3) is 0.467. The fourth-order valence-electron chi connectivity index (χ4n) is 2.48. The Morgan fingerprint density at radius 2 is 2.04 bits per heavy atom. The molecule has 0 spiro atoms. The topological polar surface area (TPSA) is 81.7 Å². The van der Waals surface area contributed by atoms with E-state index in [1.807, 2.05) is 0 Å². The van der Waals surface area contributed by atoms with Crippen LogP contribution in [0.2, 0.25) is 0 Å². The van der Waals surface area contributed by atoms with Crippen LogP contribution < -0.4 is 10.6 Å². The summed E-state index contributed by atoms with van der Waals surface area (Å²) < 4.78 is 26.4. The Bertz CT molecular complexity index is 563. The molecule has 1 aromatic rings. The highest BCUT2D eigenvalue weighted by atomic mass is 19.1. The third-order valence-corrected chi connectivity index (χ3v) is 3.50. The highest BCUT2D eigenvalue weighted by molar-refractivity contribution is 5.88. The van der Waals surface area contributed by atoms with E-state index in [1.165, 1.54) is 17.0 Å². The molecule has 0 aromatic heterocycles. The molecule has 0 saturated carbocycles. The normalized spacial score (nSPS) is 18.1. The van der Waals surface area contributed by atoms with E-state index in [1.54, 1.807) is 0 Å². The molecule has 1 aliphatic rings. The minimum atomic E-state index is -0.692. The predicted molar refractivity (Wildman–Crippen MR) is 78.3 cm³/mol. The highest BCUT2D eigenvalue weighted by Crippen LogP contribution is 2.13. The molecule has 3 N–H and O–H groups in total. The molecule has 6 nitrogen and oxygen atoms in total. The van der Waals surface area contributed by atoms with Gasteiger partial charge in [0, 0.05) is 32.2 Å². The number of aliphatic hydroxyl groups is 1. The zero-order valence-electron chi connectivity index (χ0n) is 12.5. The van der Waals surface area contributed by atoms with Crippen molar-refractivity contribution in [2.75, 3.05) is 26.2 Å². The van der Waals surface area contributed by atoms with Gasteiger partial charge in [0.05, 0.1) is 19.1 Å². The molecule has 1 saturated heterocycles. The molecule has 1 aromatic carbocycles. The molecule has 2 rings (SSSR count). The Balaban J connectivity index is 1.97. The maximum absolute atomic E-state index is 13.2. The Kier molecular flexibility index (Phi) is 6.00. The van der Waals surface area contributed by atoms with Crippen LogP contribution in [-0.2, 0) is 16.1 Å². The number of hydrogen-bond donors (Lipinski definition) is 3. The molecule has 2 amide bonds. The summed E-state index contributed by atoms with van der Waals surface area (Å²) in [5.74, 6) is -2.02. The minimum absolute atomic E-state index is 0.0488. The van der Waals surface area contributed by atoms with Crippen LogP contribution in [0.3, 0.4) is 0 Å². The van der Waals surface area contributed by atoms with Crippen LogP contribution in [0.5, 0.6) is 0 Å². The van der Waals surface area contributed by atoms with E-state index in [4.69, 9.17) is 5.11 Å². The van der Waals surface area contributed by atoms with Gasteiger partial charge in [0.2, 0.25) is 11.8 Å². The Hall–Kier alpha value is -2.06. The second-order valence-corrected chi connectivity index (χ2v) is 5.32. The first-order valence-corrected chi connectivity index (χ1v) is 7.34. The number of benzene rings is 1. The number of rotatable bonds is 6. The van der Waals surface area contributed by atoms with Gasteiger partial charge in [-0.2, -0.15) is 0 Å². The summed E-state index contributed by atoms with van der Waals surface area (Å²) >= 11 is 0. The summed E-state index contributed by atoms with van der Waals surface area (Å²) in [6.07, 6.45) is -0.0488. The second kappa shape index (κ2) is 7.98. The van der Waals surface area contributed by atoms with E-state index in [9.17, 15) is 18.4 Å². The first-order chi connectivity index (χ1) is 11.0. The van der Waals surface area contributed by atoms with Gasteiger partial charge in [0.25, 0.3) is 0 Å². The molecule has 1 aliphatic heterocycles. The van der Waals surface area contributed by atoms with Crippen LogP contribution in [0.1, 0.15) is 12.0 Å². The van der Waals surface area contributed by atoms with E-state index in [-0.39, 0.29) is 37.9 Å². The van der Waals surface area contributed by atoms with Gasteiger partial charge >= 0.3 is 0 Å². The smallest absolute Gasteiger partial charge is 0.240 e. The van der Waals surface area contributed by atoms with Crippen molar-refractivity contribution in [3.63, 3.8) is 0 Å². The van der Waals surface area contributed by atoms with Crippen molar-refractivity contribution in [1.29, 1.82) is 0 Å². The van der Waals surface area contributed by atoms with Crippen molar-refractivity contribution >= 4 is 11.8 Å². The van der Waals surface area contributed by atoms with Crippen molar-refractivity contribution in [1.82, 2.24) is 15.5 Å². The third kappa shape index (κ3) is 4.97. The van der Waals surface area contributed by atoms with Gasteiger partial charge in [-0.1, -0.05) is 0 Å². The van der Waals surface area contributed by atoms with Crippen molar-refractivity contribution < 1.29 is 23.5 Å². The number of aliphatic hydroxyl groups excluding tert-OH is 1. The molecular weight excluding hydrogens is 308 g/mol. The van der Waals surface area contributed by atoms with Gasteiger partial charge in [0.1, 0.15) is 11.6 Å². The summed E-state index contributed by atoms with van der Waals surface area (Å²) in [6, 6.07) is 2.46. The van der Waals surface area contributed by atoms with Crippen molar-refractivity contribution in [2.24, 2.45) is 0 Å². The summed E-state index contributed by atoms with van der Waals surface area (Å²) in [5.41, 5.74) is 0.362. The number of nitrogens with one attached hydrogen (secondary N) is 2. The molecule has 1 unspecified atom stereocenters. The summed E-state index contributed by atoms with van der Waals surface area (Å²) in [6.45, 7) is 0.929. The zero-order valence-corrected chi connectivity index (χ0v) is 12.5.